The molecule has 40 heavy (non-hydrogen) atoms. The predicted octanol–water partition coefficient (Wildman–Crippen LogP) is 5.50. The van der Waals surface area contributed by atoms with Crippen molar-refractivity contribution in [2.24, 2.45) is 5.92 Å². The summed E-state index contributed by atoms with van der Waals surface area (Å²) in [6, 6.07) is 22.2. The summed E-state index contributed by atoms with van der Waals surface area (Å²) in [5.74, 6) is 0.0146. The van der Waals surface area contributed by atoms with E-state index < -0.39 is 16.1 Å². The Morgan fingerprint density at radius 1 is 0.900 bits per heavy atom. The minimum atomic E-state index is -3.55. The molecule has 0 aliphatic rings. The van der Waals surface area contributed by atoms with Gasteiger partial charge >= 0.3 is 0 Å². The van der Waals surface area contributed by atoms with Crippen molar-refractivity contribution in [3.8, 4) is 0 Å². The van der Waals surface area contributed by atoms with Crippen LogP contribution in [0.3, 0.4) is 0 Å². The molecule has 3 rings (SSSR count). The molecule has 2 amide bonds. The summed E-state index contributed by atoms with van der Waals surface area (Å²) in [5.41, 5.74) is 2.41. The van der Waals surface area contributed by atoms with E-state index in [0.29, 0.717) is 30.5 Å². The molecule has 3 aromatic carbocycles. The fourth-order valence-electron chi connectivity index (χ4n) is 4.30. The summed E-state index contributed by atoms with van der Waals surface area (Å²) in [6.45, 7) is 6.97. The van der Waals surface area contributed by atoms with E-state index in [9.17, 15) is 18.0 Å². The number of sulfonamides is 1. The Labute approximate surface area is 243 Å². The van der Waals surface area contributed by atoms with Gasteiger partial charge in [-0.05, 0) is 59.7 Å². The summed E-state index contributed by atoms with van der Waals surface area (Å²) >= 11 is 6.09. The molecule has 0 saturated carbocycles. The van der Waals surface area contributed by atoms with Crippen LogP contribution in [-0.4, -0.2) is 38.2 Å². The number of rotatable bonds is 14. The smallest absolute Gasteiger partial charge is 0.247 e. The third-order valence-corrected chi connectivity index (χ3v) is 8.29. The number of carbonyl (C=O) groups is 2. The number of halogens is 1. The fraction of sp³-hybridized carbons (Fsp3) is 0.355. The van der Waals surface area contributed by atoms with Gasteiger partial charge in [0.25, 0.3) is 0 Å². The van der Waals surface area contributed by atoms with E-state index in [1.54, 1.807) is 36.1 Å². The van der Waals surface area contributed by atoms with Gasteiger partial charge in [-0.15, -0.1) is 0 Å². The van der Waals surface area contributed by atoms with E-state index in [-0.39, 0.29) is 29.7 Å². The van der Waals surface area contributed by atoms with E-state index in [1.165, 1.54) is 12.1 Å². The number of amides is 2. The first kappa shape index (κ1) is 31.3. The molecule has 0 aliphatic carbocycles. The van der Waals surface area contributed by atoms with Crippen molar-refractivity contribution < 1.29 is 18.0 Å². The highest BCUT2D eigenvalue weighted by Crippen LogP contribution is 2.26. The van der Waals surface area contributed by atoms with Crippen LogP contribution in [0.1, 0.15) is 56.3 Å². The third-order valence-electron chi connectivity index (χ3n) is 6.48. The summed E-state index contributed by atoms with van der Waals surface area (Å²) in [5, 5.41) is 3.62. The van der Waals surface area contributed by atoms with Gasteiger partial charge in [-0.3, -0.25) is 9.59 Å². The molecule has 0 unspecified atom stereocenters. The van der Waals surface area contributed by atoms with Gasteiger partial charge in [0, 0.05) is 31.1 Å². The topological polar surface area (TPSA) is 95.6 Å². The van der Waals surface area contributed by atoms with Crippen LogP contribution in [0.25, 0.3) is 0 Å². The molecular weight excluding hydrogens is 546 g/mol. The Morgan fingerprint density at radius 3 is 2.12 bits per heavy atom. The summed E-state index contributed by atoms with van der Waals surface area (Å²) in [4.78, 5) is 29.2. The molecule has 9 heteroatoms. The highest BCUT2D eigenvalue weighted by atomic mass is 35.5. The number of carbonyl (C=O) groups excluding carboxylic acids is 2. The lowest BCUT2D eigenvalue weighted by atomic mass is 10.0. The summed E-state index contributed by atoms with van der Waals surface area (Å²) < 4.78 is 27.0. The maximum atomic E-state index is 13.8. The van der Waals surface area contributed by atoms with E-state index in [4.69, 9.17) is 11.6 Å². The molecular formula is C31H38ClN3O4S. The second-order valence-electron chi connectivity index (χ2n) is 10.1. The lowest BCUT2D eigenvalue weighted by Crippen LogP contribution is -2.43. The first-order chi connectivity index (χ1) is 19.1. The molecule has 214 valence electrons. The molecule has 7 nitrogen and oxygen atoms in total. The minimum absolute atomic E-state index is 0.148. The van der Waals surface area contributed by atoms with Crippen LogP contribution in [0, 0.1) is 5.92 Å². The van der Waals surface area contributed by atoms with Gasteiger partial charge in [0.05, 0.1) is 4.90 Å². The first-order valence-corrected chi connectivity index (χ1v) is 15.4. The zero-order valence-corrected chi connectivity index (χ0v) is 24.8. The number of hydrogen-bond donors (Lipinski definition) is 2. The minimum Gasteiger partial charge on any atom is -0.354 e. The van der Waals surface area contributed by atoms with Crippen molar-refractivity contribution in [3.05, 3.63) is 101 Å². The number of benzene rings is 3. The second kappa shape index (κ2) is 15.0. The van der Waals surface area contributed by atoms with Crippen LogP contribution in [0.2, 0.25) is 5.02 Å². The zero-order chi connectivity index (χ0) is 29.1. The Balaban J connectivity index is 1.87. The molecule has 3 aromatic rings. The molecule has 0 saturated heterocycles. The molecule has 1 atom stereocenters. The lowest BCUT2D eigenvalue weighted by Gasteiger charge is -2.32. The quantitative estimate of drug-likeness (QED) is 0.262. The van der Waals surface area contributed by atoms with Gasteiger partial charge in [0.1, 0.15) is 6.04 Å². The molecule has 0 radical (unpaired) electrons. The normalized spacial score (nSPS) is 12.2. The van der Waals surface area contributed by atoms with Crippen molar-refractivity contribution in [1.29, 1.82) is 0 Å². The maximum Gasteiger partial charge on any atom is 0.247 e. The van der Waals surface area contributed by atoms with Gasteiger partial charge in [0.15, 0.2) is 0 Å². The summed E-state index contributed by atoms with van der Waals surface area (Å²) in [6.07, 6.45) is 1.38. The molecule has 0 bridgehead atoms. The van der Waals surface area contributed by atoms with Crippen LogP contribution < -0.4 is 10.0 Å². The molecule has 0 aromatic heterocycles. The highest BCUT2D eigenvalue weighted by Gasteiger charge is 2.31. The third kappa shape index (κ3) is 9.18. The largest absolute Gasteiger partial charge is 0.354 e. The Morgan fingerprint density at radius 2 is 1.52 bits per heavy atom. The van der Waals surface area contributed by atoms with Crippen molar-refractivity contribution in [3.63, 3.8) is 0 Å². The van der Waals surface area contributed by atoms with Crippen LogP contribution in [0.4, 0.5) is 0 Å². The molecule has 0 heterocycles. The highest BCUT2D eigenvalue weighted by molar-refractivity contribution is 7.89. The lowest BCUT2D eigenvalue weighted by molar-refractivity contribution is -0.141. The van der Waals surface area contributed by atoms with Gasteiger partial charge in [0.2, 0.25) is 21.8 Å². The second-order valence-corrected chi connectivity index (χ2v) is 12.3. The molecule has 0 aliphatic heterocycles. The fourth-order valence-corrected chi connectivity index (χ4v) is 5.47. The van der Waals surface area contributed by atoms with E-state index >= 15 is 0 Å². The molecule has 0 spiro atoms. The molecule has 0 fully saturated rings. The van der Waals surface area contributed by atoms with E-state index in [2.05, 4.69) is 23.9 Å². The Bertz CT molecular complexity index is 1350. The van der Waals surface area contributed by atoms with Crippen LogP contribution in [0.5, 0.6) is 0 Å². The summed E-state index contributed by atoms with van der Waals surface area (Å²) in [7, 11) is -3.55. The molecule has 2 N–H and O–H groups in total. The Hall–Kier alpha value is -3.20. The van der Waals surface area contributed by atoms with E-state index in [1.807, 2.05) is 42.5 Å². The maximum absolute atomic E-state index is 13.8. The standard InChI is InChI=1S/C31H38ClN3O4S/c1-4-34-40(38,39)28-17-12-24(13-18-28)14-19-29(36)35(22-25-10-15-27(32)16-11-25)30(26-8-6-5-7-9-26)31(37)33-21-20-23(2)3/h5-13,15-18,23,30,34H,4,14,19-22H2,1-3H3,(H,33,37)/t30-/m0/s1. The first-order valence-electron chi connectivity index (χ1n) is 13.6. The van der Waals surface area contributed by atoms with Crippen molar-refractivity contribution >= 4 is 33.4 Å². The van der Waals surface area contributed by atoms with Gasteiger partial charge in [-0.2, -0.15) is 0 Å². The predicted molar refractivity (Wildman–Crippen MR) is 159 cm³/mol. The Kier molecular flexibility index (Phi) is 11.7. The average Bonchev–Trinajstić information content (AvgIpc) is 2.93. The van der Waals surface area contributed by atoms with Crippen molar-refractivity contribution in [2.75, 3.05) is 13.1 Å². The van der Waals surface area contributed by atoms with Crippen molar-refractivity contribution in [1.82, 2.24) is 14.9 Å². The SMILES string of the molecule is CCNS(=O)(=O)c1ccc(CCC(=O)N(Cc2ccc(Cl)cc2)[C@H](C(=O)NCCC(C)C)c2ccccc2)cc1. The number of nitrogens with one attached hydrogen (secondary N) is 2. The number of aryl methyl sites for hydroxylation is 1. The van der Waals surface area contributed by atoms with E-state index in [0.717, 1.165) is 23.1 Å². The number of hydrogen-bond acceptors (Lipinski definition) is 4. The van der Waals surface area contributed by atoms with Crippen molar-refractivity contribution in [2.45, 2.75) is 57.5 Å². The van der Waals surface area contributed by atoms with Crippen LogP contribution >= 0.6 is 11.6 Å². The van der Waals surface area contributed by atoms with Gasteiger partial charge in [-0.25, -0.2) is 13.1 Å². The van der Waals surface area contributed by atoms with Gasteiger partial charge < -0.3 is 10.2 Å². The monoisotopic (exact) mass is 583 g/mol. The zero-order valence-electron chi connectivity index (χ0n) is 23.3. The average molecular weight is 584 g/mol. The van der Waals surface area contributed by atoms with Gasteiger partial charge in [-0.1, -0.05) is 87.0 Å². The van der Waals surface area contributed by atoms with Crippen LogP contribution in [-0.2, 0) is 32.6 Å². The van der Waals surface area contributed by atoms with Crippen LogP contribution in [0.15, 0.2) is 83.8 Å². The number of nitrogens with zero attached hydrogens (tertiary/aromatic N) is 1.